The van der Waals surface area contributed by atoms with Crippen molar-refractivity contribution in [2.45, 2.75) is 12.2 Å². The van der Waals surface area contributed by atoms with E-state index in [4.69, 9.17) is 4.42 Å². The van der Waals surface area contributed by atoms with Crippen molar-refractivity contribution in [1.29, 1.82) is 0 Å². The van der Waals surface area contributed by atoms with E-state index < -0.39 is 15.8 Å². The second kappa shape index (κ2) is 6.62. The molecule has 0 saturated heterocycles. The van der Waals surface area contributed by atoms with Crippen molar-refractivity contribution in [1.82, 2.24) is 9.29 Å². The predicted octanol–water partition coefficient (Wildman–Crippen LogP) is 1.79. The zero-order valence-electron chi connectivity index (χ0n) is 13.2. The number of aromatic nitrogens is 1. The van der Waals surface area contributed by atoms with E-state index in [0.29, 0.717) is 17.5 Å². The second-order valence-electron chi connectivity index (χ2n) is 5.62. The number of benzene rings is 2. The van der Waals surface area contributed by atoms with E-state index in [0.717, 1.165) is 11.1 Å². The zero-order valence-corrected chi connectivity index (χ0v) is 14.0. The van der Waals surface area contributed by atoms with E-state index in [-0.39, 0.29) is 12.3 Å². The van der Waals surface area contributed by atoms with Gasteiger partial charge in [0, 0.05) is 13.6 Å². The molecule has 0 radical (unpaired) electrons. The largest absolute Gasteiger partial charge is 0.419 e. The van der Waals surface area contributed by atoms with Crippen molar-refractivity contribution in [3.05, 3.63) is 70.2 Å². The molecule has 7 heteroatoms. The van der Waals surface area contributed by atoms with Crippen molar-refractivity contribution in [2.24, 2.45) is 7.05 Å². The highest BCUT2D eigenvalue weighted by molar-refractivity contribution is 7.88. The van der Waals surface area contributed by atoms with Gasteiger partial charge in [0.25, 0.3) is 0 Å². The molecule has 24 heavy (non-hydrogen) atoms. The number of aryl methyl sites for hydroxylation is 1. The fraction of sp³-hybridized carbons (Fsp3) is 0.235. The van der Waals surface area contributed by atoms with Crippen LogP contribution in [0.15, 0.2) is 57.7 Å². The summed E-state index contributed by atoms with van der Waals surface area (Å²) in [4.78, 5) is 11.5. The third-order valence-electron chi connectivity index (χ3n) is 3.79. The molecule has 0 saturated carbocycles. The van der Waals surface area contributed by atoms with Crippen LogP contribution in [-0.2, 0) is 29.2 Å². The molecule has 1 heterocycles. The van der Waals surface area contributed by atoms with Gasteiger partial charge in [0.1, 0.15) is 0 Å². The molecule has 0 aliphatic heterocycles. The van der Waals surface area contributed by atoms with E-state index in [2.05, 4.69) is 4.72 Å². The quantitative estimate of drug-likeness (QED) is 0.738. The summed E-state index contributed by atoms with van der Waals surface area (Å²) < 4.78 is 33.3. The van der Waals surface area contributed by atoms with Crippen LogP contribution in [-0.4, -0.2) is 19.5 Å². The summed E-state index contributed by atoms with van der Waals surface area (Å²) in [5, 5.41) is 0. The molecule has 0 bridgehead atoms. The Balaban J connectivity index is 1.62. The van der Waals surface area contributed by atoms with Gasteiger partial charge < -0.3 is 4.42 Å². The molecule has 3 aromatic rings. The van der Waals surface area contributed by atoms with Crippen molar-refractivity contribution in [3.8, 4) is 0 Å². The maximum atomic E-state index is 12.1. The van der Waals surface area contributed by atoms with Crippen molar-refractivity contribution in [3.63, 3.8) is 0 Å². The molecule has 2 aromatic carbocycles. The molecule has 126 valence electrons. The molecule has 0 fully saturated rings. The first kappa shape index (κ1) is 16.5. The third kappa shape index (κ3) is 3.74. The van der Waals surface area contributed by atoms with Crippen LogP contribution in [0, 0.1) is 0 Å². The molecule has 6 nitrogen and oxygen atoms in total. The second-order valence-corrected chi connectivity index (χ2v) is 7.42. The number of hydrogen-bond donors (Lipinski definition) is 1. The minimum Gasteiger partial charge on any atom is -0.408 e. The fourth-order valence-corrected chi connectivity index (χ4v) is 3.68. The molecular formula is C17H18N2O4S. The molecule has 1 aromatic heterocycles. The maximum Gasteiger partial charge on any atom is 0.419 e. The summed E-state index contributed by atoms with van der Waals surface area (Å²) in [6.07, 6.45) is 0.516. The van der Waals surface area contributed by atoms with Gasteiger partial charge in [0.15, 0.2) is 5.58 Å². The minimum atomic E-state index is -3.38. The summed E-state index contributed by atoms with van der Waals surface area (Å²) >= 11 is 0. The average Bonchev–Trinajstić information content (AvgIpc) is 2.82. The first-order valence-electron chi connectivity index (χ1n) is 7.54. The van der Waals surface area contributed by atoms with E-state index >= 15 is 0 Å². The molecule has 0 unspecified atom stereocenters. The van der Waals surface area contributed by atoms with Crippen molar-refractivity contribution in [2.75, 3.05) is 6.54 Å². The van der Waals surface area contributed by atoms with Crippen molar-refractivity contribution >= 4 is 21.1 Å². The lowest BCUT2D eigenvalue weighted by Gasteiger charge is -2.07. The summed E-state index contributed by atoms with van der Waals surface area (Å²) in [7, 11) is -1.73. The molecule has 1 N–H and O–H groups in total. The van der Waals surface area contributed by atoms with Crippen LogP contribution in [0.2, 0.25) is 0 Å². The average molecular weight is 346 g/mol. The van der Waals surface area contributed by atoms with Gasteiger partial charge in [-0.15, -0.1) is 0 Å². The van der Waals surface area contributed by atoms with E-state index in [1.807, 2.05) is 24.3 Å². The lowest BCUT2D eigenvalue weighted by Crippen LogP contribution is -2.27. The van der Waals surface area contributed by atoms with Gasteiger partial charge in [-0.1, -0.05) is 36.4 Å². The molecule has 0 aliphatic rings. The van der Waals surface area contributed by atoms with Crippen LogP contribution in [0.5, 0.6) is 0 Å². The van der Waals surface area contributed by atoms with Crippen LogP contribution in [0.1, 0.15) is 11.1 Å². The van der Waals surface area contributed by atoms with Gasteiger partial charge in [0.05, 0.1) is 11.3 Å². The number of fused-ring (bicyclic) bond motifs is 1. The highest BCUT2D eigenvalue weighted by atomic mass is 32.2. The first-order chi connectivity index (χ1) is 11.4. The highest BCUT2D eigenvalue weighted by Gasteiger charge is 2.11. The lowest BCUT2D eigenvalue weighted by molar-refractivity contribution is 0.528. The zero-order chi connectivity index (χ0) is 17.2. The Morgan fingerprint density at radius 2 is 1.83 bits per heavy atom. The monoisotopic (exact) mass is 346 g/mol. The lowest BCUT2D eigenvalue weighted by atomic mass is 10.1. The topological polar surface area (TPSA) is 81.3 Å². The van der Waals surface area contributed by atoms with Crippen LogP contribution in [0.25, 0.3) is 11.1 Å². The smallest absolute Gasteiger partial charge is 0.408 e. The number of nitrogens with one attached hydrogen (secondary N) is 1. The Hall–Kier alpha value is -2.38. The normalized spacial score (nSPS) is 11.9. The first-order valence-corrected chi connectivity index (χ1v) is 9.19. The molecule has 0 spiro atoms. The van der Waals surface area contributed by atoms with Gasteiger partial charge in [-0.2, -0.15) is 0 Å². The summed E-state index contributed by atoms with van der Waals surface area (Å²) in [5.74, 6) is -0.453. The van der Waals surface area contributed by atoms with E-state index in [1.165, 1.54) is 4.57 Å². The minimum absolute atomic E-state index is 0.0412. The maximum absolute atomic E-state index is 12.1. The van der Waals surface area contributed by atoms with Crippen LogP contribution in [0.4, 0.5) is 0 Å². The highest BCUT2D eigenvalue weighted by Crippen LogP contribution is 2.14. The summed E-state index contributed by atoms with van der Waals surface area (Å²) in [6.45, 7) is 0.289. The Morgan fingerprint density at radius 1 is 1.08 bits per heavy atom. The van der Waals surface area contributed by atoms with Crippen LogP contribution in [0.3, 0.4) is 0 Å². The van der Waals surface area contributed by atoms with Crippen LogP contribution >= 0.6 is 0 Å². The van der Waals surface area contributed by atoms with Gasteiger partial charge in [-0.05, 0) is 29.7 Å². The summed E-state index contributed by atoms with van der Waals surface area (Å²) in [5.41, 5.74) is 2.87. The van der Waals surface area contributed by atoms with Gasteiger partial charge in [0.2, 0.25) is 10.0 Å². The molecule has 3 rings (SSSR count). The number of hydrogen-bond acceptors (Lipinski definition) is 4. The van der Waals surface area contributed by atoms with Gasteiger partial charge in [-0.3, -0.25) is 4.57 Å². The van der Waals surface area contributed by atoms with Crippen molar-refractivity contribution < 1.29 is 12.8 Å². The Morgan fingerprint density at radius 3 is 2.58 bits per heavy atom. The fourth-order valence-electron chi connectivity index (χ4n) is 2.53. The van der Waals surface area contributed by atoms with E-state index in [1.54, 1.807) is 31.3 Å². The number of sulfonamides is 1. The number of oxazole rings is 1. The van der Waals surface area contributed by atoms with Gasteiger partial charge >= 0.3 is 5.76 Å². The molecule has 0 amide bonds. The Bertz CT molecular complexity index is 1000. The van der Waals surface area contributed by atoms with Crippen LogP contribution < -0.4 is 10.5 Å². The summed E-state index contributed by atoms with van der Waals surface area (Å²) in [6, 6.07) is 14.5. The number of rotatable bonds is 6. The third-order valence-corrected chi connectivity index (χ3v) is 5.15. The Labute approximate surface area is 139 Å². The Kier molecular flexibility index (Phi) is 4.55. The SMILES string of the molecule is Cn1c(=O)oc2cc(CCNS(=O)(=O)Cc3ccccc3)ccc21. The molecule has 0 aliphatic carbocycles. The predicted molar refractivity (Wildman–Crippen MR) is 92.2 cm³/mol. The van der Waals surface area contributed by atoms with Gasteiger partial charge in [-0.25, -0.2) is 17.9 Å². The number of nitrogens with zero attached hydrogens (tertiary/aromatic N) is 1. The van der Waals surface area contributed by atoms with E-state index in [9.17, 15) is 13.2 Å². The molecule has 0 atom stereocenters. The standard InChI is InChI=1S/C17H18N2O4S/c1-19-15-8-7-13(11-16(15)23-17(19)20)9-10-18-24(21,22)12-14-5-3-2-4-6-14/h2-8,11,18H,9-10,12H2,1H3. The molecular weight excluding hydrogens is 328 g/mol.